The van der Waals surface area contributed by atoms with Gasteiger partial charge in [-0.25, -0.2) is 0 Å². The molecule has 1 heterocycles. The lowest BCUT2D eigenvalue weighted by Gasteiger charge is -2.38. The zero-order valence-corrected chi connectivity index (χ0v) is 17.7. The summed E-state index contributed by atoms with van der Waals surface area (Å²) < 4.78 is 38.4. The van der Waals surface area contributed by atoms with E-state index in [0.717, 1.165) is 43.8 Å². The number of benzene rings is 2. The molecule has 2 aromatic carbocycles. The van der Waals surface area contributed by atoms with Crippen LogP contribution in [0.5, 0.6) is 0 Å². The van der Waals surface area contributed by atoms with Crippen molar-refractivity contribution in [2.75, 3.05) is 31.1 Å². The van der Waals surface area contributed by atoms with Crippen LogP contribution in [-0.4, -0.2) is 31.1 Å². The molecular weight excluding hydrogens is 397 g/mol. The maximum atomic E-state index is 12.8. The number of hydrogen-bond donors (Lipinski definition) is 0. The van der Waals surface area contributed by atoms with Gasteiger partial charge in [0.15, 0.2) is 0 Å². The van der Waals surface area contributed by atoms with Gasteiger partial charge in [-0.1, -0.05) is 62.4 Å². The van der Waals surface area contributed by atoms with Gasteiger partial charge in [0.1, 0.15) is 0 Å². The number of alkyl halides is 3. The van der Waals surface area contributed by atoms with E-state index in [0.29, 0.717) is 23.8 Å². The molecule has 1 saturated heterocycles. The molecule has 158 valence electrons. The van der Waals surface area contributed by atoms with Crippen molar-refractivity contribution in [1.29, 1.82) is 0 Å². The number of anilines is 1. The first kappa shape index (κ1) is 23.1. The molecule has 0 atom stereocenters. The highest BCUT2D eigenvalue weighted by Crippen LogP contribution is 2.35. The molecule has 1 fully saturated rings. The fourth-order valence-corrected chi connectivity index (χ4v) is 3.37. The Bertz CT molecular complexity index is 782. The number of halogens is 4. The lowest BCUT2D eigenvalue weighted by Crippen LogP contribution is -2.45. The molecule has 2 aromatic rings. The normalized spacial score (nSPS) is 14.3. The van der Waals surface area contributed by atoms with Crippen LogP contribution in [0.3, 0.4) is 0 Å². The zero-order chi connectivity index (χ0) is 21.4. The maximum absolute atomic E-state index is 12.8. The Hall–Kier alpha value is -2.14. The van der Waals surface area contributed by atoms with Crippen LogP contribution >= 0.6 is 11.6 Å². The van der Waals surface area contributed by atoms with Gasteiger partial charge in [-0.2, -0.15) is 13.2 Å². The monoisotopic (exact) mass is 424 g/mol. The summed E-state index contributed by atoms with van der Waals surface area (Å²) in [6.45, 7) is 11.0. The second-order valence-corrected chi connectivity index (χ2v) is 7.30. The van der Waals surface area contributed by atoms with E-state index in [4.69, 9.17) is 11.6 Å². The van der Waals surface area contributed by atoms with Crippen molar-refractivity contribution in [3.8, 4) is 0 Å². The van der Waals surface area contributed by atoms with Crippen LogP contribution in [0.15, 0.2) is 60.8 Å². The van der Waals surface area contributed by atoms with Gasteiger partial charge in [-0.05, 0) is 36.6 Å². The summed E-state index contributed by atoms with van der Waals surface area (Å²) >= 11 is 6.07. The fourth-order valence-electron chi connectivity index (χ4n) is 3.13. The molecule has 0 radical (unpaired) electrons. The molecule has 3 rings (SSSR count). The van der Waals surface area contributed by atoms with Gasteiger partial charge >= 0.3 is 6.18 Å². The van der Waals surface area contributed by atoms with Crippen molar-refractivity contribution >= 4 is 17.3 Å². The van der Waals surface area contributed by atoms with Crippen LogP contribution in [0.25, 0.3) is 0 Å². The van der Waals surface area contributed by atoms with Gasteiger partial charge in [0, 0.05) is 31.9 Å². The predicted octanol–water partition coefficient (Wildman–Crippen LogP) is 6.65. The van der Waals surface area contributed by atoms with E-state index in [2.05, 4.69) is 42.7 Å². The lowest BCUT2D eigenvalue weighted by atomic mass is 10.1. The second kappa shape index (κ2) is 10.6. The molecule has 0 unspecified atom stereocenters. The van der Waals surface area contributed by atoms with Crippen molar-refractivity contribution in [2.24, 2.45) is 0 Å². The molecule has 29 heavy (non-hydrogen) atoms. The first-order valence-corrected chi connectivity index (χ1v) is 10.2. The number of aryl methyl sites for hydroxylation is 1. The van der Waals surface area contributed by atoms with E-state index in [1.807, 2.05) is 17.9 Å². The quantitative estimate of drug-likeness (QED) is 0.541. The average Bonchev–Trinajstić information content (AvgIpc) is 2.74. The van der Waals surface area contributed by atoms with E-state index in [9.17, 15) is 13.2 Å². The Balaban J connectivity index is 0.000000313. The minimum Gasteiger partial charge on any atom is -0.372 e. The molecule has 0 spiro atoms. The van der Waals surface area contributed by atoms with E-state index < -0.39 is 11.7 Å². The fraction of sp³-hybridized carbons (Fsp3) is 0.391. The van der Waals surface area contributed by atoms with Crippen LogP contribution in [-0.2, 0) is 12.6 Å². The topological polar surface area (TPSA) is 6.48 Å². The first-order chi connectivity index (χ1) is 13.8. The van der Waals surface area contributed by atoms with Gasteiger partial charge in [-0.15, -0.1) is 0 Å². The summed E-state index contributed by atoms with van der Waals surface area (Å²) in [5, 5.41) is 0.353. The third-order valence-corrected chi connectivity index (χ3v) is 5.32. The highest BCUT2D eigenvalue weighted by atomic mass is 35.5. The zero-order valence-electron chi connectivity index (χ0n) is 17.0. The summed E-state index contributed by atoms with van der Waals surface area (Å²) in [6.07, 6.45) is -2.33. The maximum Gasteiger partial charge on any atom is 0.416 e. The van der Waals surface area contributed by atoms with E-state index >= 15 is 0 Å². The highest BCUT2D eigenvalue weighted by Gasteiger charge is 2.32. The van der Waals surface area contributed by atoms with E-state index in [1.165, 1.54) is 11.6 Å². The van der Waals surface area contributed by atoms with Crippen LogP contribution in [0.1, 0.15) is 31.4 Å². The smallest absolute Gasteiger partial charge is 0.372 e. The van der Waals surface area contributed by atoms with Gasteiger partial charge in [0.25, 0.3) is 0 Å². The number of allylic oxidation sites excluding steroid dienone is 1. The second-order valence-electron chi connectivity index (χ2n) is 6.90. The standard InChI is InChI=1S/C15H18ClF3N2.C8H10/c1-3-11(2)20-6-8-21(9-7-20)14-10-12(15(17,18)19)4-5-13(14)16;1-2-8-6-4-3-5-7-8/h4-5,10H,2-3,6-9H2,1H3;3-7H,2H2,1H3. The summed E-state index contributed by atoms with van der Waals surface area (Å²) in [4.78, 5) is 4.06. The van der Waals surface area contributed by atoms with Crippen LogP contribution in [0, 0.1) is 0 Å². The number of rotatable bonds is 4. The number of piperazine rings is 1. The number of nitrogens with zero attached hydrogens (tertiary/aromatic N) is 2. The molecule has 0 aliphatic carbocycles. The summed E-state index contributed by atoms with van der Waals surface area (Å²) in [7, 11) is 0. The molecule has 2 nitrogen and oxygen atoms in total. The van der Waals surface area contributed by atoms with Crippen molar-refractivity contribution in [1.82, 2.24) is 4.90 Å². The van der Waals surface area contributed by atoms with Gasteiger partial charge in [0.05, 0.1) is 16.3 Å². The van der Waals surface area contributed by atoms with Crippen molar-refractivity contribution < 1.29 is 13.2 Å². The Kier molecular flexibility index (Phi) is 8.45. The minimum atomic E-state index is -4.35. The number of hydrogen-bond acceptors (Lipinski definition) is 2. The average molecular weight is 425 g/mol. The van der Waals surface area contributed by atoms with Gasteiger partial charge in [0.2, 0.25) is 0 Å². The van der Waals surface area contributed by atoms with Gasteiger partial charge < -0.3 is 9.80 Å². The predicted molar refractivity (Wildman–Crippen MR) is 115 cm³/mol. The molecule has 0 saturated carbocycles. The van der Waals surface area contributed by atoms with Crippen LogP contribution < -0.4 is 4.90 Å². The van der Waals surface area contributed by atoms with Crippen LogP contribution in [0.4, 0.5) is 18.9 Å². The van der Waals surface area contributed by atoms with E-state index in [-0.39, 0.29) is 0 Å². The SMILES string of the molecule is C=C(CC)N1CCN(c2cc(C(F)(F)F)ccc2Cl)CC1.CCc1ccccc1. The Morgan fingerprint density at radius 3 is 2.10 bits per heavy atom. The summed E-state index contributed by atoms with van der Waals surface area (Å²) in [6, 6.07) is 13.9. The molecule has 0 aromatic heterocycles. The van der Waals surface area contributed by atoms with E-state index in [1.54, 1.807) is 0 Å². The molecular formula is C23H28ClF3N2. The summed E-state index contributed by atoms with van der Waals surface area (Å²) in [5.74, 6) is 0. The molecule has 0 N–H and O–H groups in total. The molecule has 0 bridgehead atoms. The lowest BCUT2D eigenvalue weighted by molar-refractivity contribution is -0.137. The van der Waals surface area contributed by atoms with Crippen molar-refractivity contribution in [3.05, 3.63) is 77.0 Å². The Morgan fingerprint density at radius 2 is 1.62 bits per heavy atom. The highest BCUT2D eigenvalue weighted by molar-refractivity contribution is 6.33. The van der Waals surface area contributed by atoms with Gasteiger partial charge in [-0.3, -0.25) is 0 Å². The molecule has 1 aliphatic rings. The first-order valence-electron chi connectivity index (χ1n) is 9.84. The summed E-state index contributed by atoms with van der Waals surface area (Å²) in [5.41, 5.74) is 2.26. The third kappa shape index (κ3) is 6.70. The molecule has 1 aliphatic heterocycles. The van der Waals surface area contributed by atoms with Crippen LogP contribution in [0.2, 0.25) is 5.02 Å². The Morgan fingerprint density at radius 1 is 1.00 bits per heavy atom. The Labute approximate surface area is 176 Å². The largest absolute Gasteiger partial charge is 0.416 e. The third-order valence-electron chi connectivity index (χ3n) is 5.00. The van der Waals surface area contributed by atoms with Crippen molar-refractivity contribution in [2.45, 2.75) is 32.9 Å². The minimum absolute atomic E-state index is 0.353. The van der Waals surface area contributed by atoms with Crippen molar-refractivity contribution in [3.63, 3.8) is 0 Å². The molecule has 6 heteroatoms. The molecule has 0 amide bonds.